The molecule has 28 heavy (non-hydrogen) atoms. The maximum Gasteiger partial charge on any atom is 0.304 e. The predicted octanol–water partition coefficient (Wildman–Crippen LogP) is 2.93. The molecule has 6 nitrogen and oxygen atoms in total. The molecule has 0 spiro atoms. The fourth-order valence-corrected chi connectivity index (χ4v) is 3.75. The van der Waals surface area contributed by atoms with Gasteiger partial charge in [-0.3, -0.25) is 4.79 Å². The lowest BCUT2D eigenvalue weighted by molar-refractivity contribution is -0.120. The Hall–Kier alpha value is -2.45. The second kappa shape index (κ2) is 8.70. The number of nitrogens with zero attached hydrogens (tertiary/aromatic N) is 2. The molecule has 0 aliphatic heterocycles. The summed E-state index contributed by atoms with van der Waals surface area (Å²) in [6.07, 6.45) is 0. The third kappa shape index (κ3) is 4.88. The van der Waals surface area contributed by atoms with E-state index < -0.39 is 28.5 Å². The van der Waals surface area contributed by atoms with Crippen LogP contribution in [-0.2, 0) is 15.0 Å². The molecule has 2 aromatic carbocycles. The van der Waals surface area contributed by atoms with Gasteiger partial charge in [0.2, 0.25) is 5.91 Å². The van der Waals surface area contributed by atoms with Gasteiger partial charge >= 0.3 is 10.2 Å². The molecule has 8 heteroatoms. The molecule has 152 valence electrons. The van der Waals surface area contributed by atoms with E-state index in [-0.39, 0.29) is 11.7 Å². The Morgan fingerprint density at radius 3 is 2.32 bits per heavy atom. The molecule has 0 fully saturated rings. The molecule has 1 amide bonds. The molecule has 0 bridgehead atoms. The highest BCUT2D eigenvalue weighted by Crippen LogP contribution is 2.23. The predicted molar refractivity (Wildman–Crippen MR) is 109 cm³/mol. The van der Waals surface area contributed by atoms with Gasteiger partial charge in [0.15, 0.2) is 0 Å². The Kier molecular flexibility index (Phi) is 6.79. The number of carbonyl (C=O) groups excluding carboxylic acids is 1. The van der Waals surface area contributed by atoms with Crippen LogP contribution in [0.25, 0.3) is 0 Å². The van der Waals surface area contributed by atoms with Gasteiger partial charge < -0.3 is 5.32 Å². The van der Waals surface area contributed by atoms with Crippen LogP contribution < -0.4 is 9.62 Å². The van der Waals surface area contributed by atoms with Crippen LogP contribution in [0.15, 0.2) is 42.5 Å². The lowest BCUT2D eigenvalue weighted by Gasteiger charge is -2.27. The first-order valence-corrected chi connectivity index (χ1v) is 10.2. The molecular formula is C20H26FN3O3S. The standard InChI is InChI=1S/C20H26FN3O3S/c1-14-10-11-17(12-15(14)2)16(3)22-20(25)13-24(28(26,27)23(4)5)19-9-7-6-8-18(19)21/h6-12,16H,13H2,1-5H3,(H,22,25). The molecule has 0 saturated carbocycles. The van der Waals surface area contributed by atoms with E-state index in [1.54, 1.807) is 0 Å². The fourth-order valence-electron chi connectivity index (χ4n) is 2.68. The molecular weight excluding hydrogens is 381 g/mol. The Balaban J connectivity index is 2.25. The quantitative estimate of drug-likeness (QED) is 0.767. The smallest absolute Gasteiger partial charge is 0.304 e. The van der Waals surface area contributed by atoms with Crippen molar-refractivity contribution in [2.75, 3.05) is 24.9 Å². The Morgan fingerprint density at radius 1 is 1.11 bits per heavy atom. The van der Waals surface area contributed by atoms with Crippen molar-refractivity contribution in [3.63, 3.8) is 0 Å². The minimum absolute atomic E-state index is 0.176. The molecule has 2 rings (SSSR count). The summed E-state index contributed by atoms with van der Waals surface area (Å²) in [5, 5.41) is 2.79. The van der Waals surface area contributed by atoms with Gasteiger partial charge in [0, 0.05) is 14.1 Å². The maximum atomic E-state index is 14.2. The van der Waals surface area contributed by atoms with Gasteiger partial charge in [-0.2, -0.15) is 12.7 Å². The number of carbonyl (C=O) groups is 1. The summed E-state index contributed by atoms with van der Waals surface area (Å²) in [5.74, 6) is -1.25. The summed E-state index contributed by atoms with van der Waals surface area (Å²) in [4.78, 5) is 12.6. The highest BCUT2D eigenvalue weighted by Gasteiger charge is 2.29. The van der Waals surface area contributed by atoms with Crippen LogP contribution in [0.4, 0.5) is 10.1 Å². The minimum atomic E-state index is -4.06. The summed E-state index contributed by atoms with van der Waals surface area (Å²) < 4.78 is 41.3. The number of hydrogen-bond donors (Lipinski definition) is 1. The summed E-state index contributed by atoms with van der Waals surface area (Å²) >= 11 is 0. The van der Waals surface area contributed by atoms with Crippen LogP contribution in [0, 0.1) is 19.7 Å². The van der Waals surface area contributed by atoms with E-state index in [1.165, 1.54) is 32.3 Å². The van der Waals surface area contributed by atoms with Crippen molar-refractivity contribution in [1.29, 1.82) is 0 Å². The topological polar surface area (TPSA) is 69.7 Å². The molecule has 0 saturated heterocycles. The van der Waals surface area contributed by atoms with Gasteiger partial charge in [0.25, 0.3) is 0 Å². The SMILES string of the molecule is Cc1ccc(C(C)NC(=O)CN(c2ccccc2F)S(=O)(=O)N(C)C)cc1C. The molecule has 0 radical (unpaired) electrons. The van der Waals surface area contributed by atoms with Crippen molar-refractivity contribution in [3.05, 3.63) is 65.0 Å². The van der Waals surface area contributed by atoms with E-state index in [4.69, 9.17) is 0 Å². The van der Waals surface area contributed by atoms with Crippen LogP contribution in [0.5, 0.6) is 0 Å². The number of anilines is 1. The van der Waals surface area contributed by atoms with Crippen LogP contribution in [0.2, 0.25) is 0 Å². The zero-order chi connectivity index (χ0) is 21.1. The number of para-hydroxylation sites is 1. The van der Waals surface area contributed by atoms with Gasteiger partial charge in [-0.1, -0.05) is 30.3 Å². The van der Waals surface area contributed by atoms with E-state index in [2.05, 4.69) is 5.32 Å². The molecule has 1 N–H and O–H groups in total. The van der Waals surface area contributed by atoms with E-state index in [9.17, 15) is 17.6 Å². The Morgan fingerprint density at radius 2 is 1.75 bits per heavy atom. The van der Waals surface area contributed by atoms with Crippen LogP contribution in [0.3, 0.4) is 0 Å². The van der Waals surface area contributed by atoms with Crippen molar-refractivity contribution in [2.24, 2.45) is 0 Å². The highest BCUT2D eigenvalue weighted by atomic mass is 32.2. The molecule has 0 heterocycles. The van der Waals surface area contributed by atoms with Gasteiger partial charge in [-0.15, -0.1) is 0 Å². The van der Waals surface area contributed by atoms with Crippen molar-refractivity contribution in [2.45, 2.75) is 26.8 Å². The number of amides is 1. The number of benzene rings is 2. The largest absolute Gasteiger partial charge is 0.348 e. The first-order chi connectivity index (χ1) is 13.0. The van der Waals surface area contributed by atoms with E-state index in [0.717, 1.165) is 31.4 Å². The average molecular weight is 408 g/mol. The summed E-state index contributed by atoms with van der Waals surface area (Å²) in [6, 6.07) is 11.0. The lowest BCUT2D eigenvalue weighted by atomic mass is 10.0. The van der Waals surface area contributed by atoms with E-state index in [1.807, 2.05) is 39.0 Å². The molecule has 1 unspecified atom stereocenters. The Bertz CT molecular complexity index is 961. The highest BCUT2D eigenvalue weighted by molar-refractivity contribution is 7.90. The van der Waals surface area contributed by atoms with Crippen LogP contribution >= 0.6 is 0 Å². The van der Waals surface area contributed by atoms with Crippen molar-refractivity contribution in [1.82, 2.24) is 9.62 Å². The zero-order valence-electron chi connectivity index (χ0n) is 16.7. The number of aryl methyl sites for hydroxylation is 2. The van der Waals surface area contributed by atoms with Crippen molar-refractivity contribution in [3.8, 4) is 0 Å². The number of halogens is 1. The van der Waals surface area contributed by atoms with Crippen LogP contribution in [0.1, 0.15) is 29.7 Å². The average Bonchev–Trinajstić information content (AvgIpc) is 2.62. The van der Waals surface area contributed by atoms with Gasteiger partial charge in [-0.25, -0.2) is 8.70 Å². The van der Waals surface area contributed by atoms with Crippen molar-refractivity contribution >= 4 is 21.8 Å². The van der Waals surface area contributed by atoms with E-state index >= 15 is 0 Å². The fraction of sp³-hybridized carbons (Fsp3) is 0.350. The van der Waals surface area contributed by atoms with Gasteiger partial charge in [0.1, 0.15) is 12.4 Å². The third-order valence-corrected chi connectivity index (χ3v) is 6.36. The first kappa shape index (κ1) is 21.8. The van der Waals surface area contributed by atoms with Gasteiger partial charge in [0.05, 0.1) is 11.7 Å². The minimum Gasteiger partial charge on any atom is -0.348 e. The van der Waals surface area contributed by atoms with E-state index in [0.29, 0.717) is 0 Å². The second-order valence-electron chi connectivity index (χ2n) is 6.88. The van der Waals surface area contributed by atoms with Crippen LogP contribution in [-0.4, -0.2) is 39.3 Å². The summed E-state index contributed by atoms with van der Waals surface area (Å²) in [6.45, 7) is 5.27. The summed E-state index contributed by atoms with van der Waals surface area (Å²) in [7, 11) is -1.39. The maximum absolute atomic E-state index is 14.2. The number of rotatable bonds is 7. The molecule has 0 aliphatic carbocycles. The Labute approximate surface area is 166 Å². The zero-order valence-corrected chi connectivity index (χ0v) is 17.5. The molecule has 2 aromatic rings. The van der Waals surface area contributed by atoms with Crippen molar-refractivity contribution < 1.29 is 17.6 Å². The van der Waals surface area contributed by atoms with Gasteiger partial charge in [-0.05, 0) is 49.6 Å². The third-order valence-electron chi connectivity index (χ3n) is 4.56. The molecule has 0 aromatic heterocycles. The molecule has 1 atom stereocenters. The monoisotopic (exact) mass is 407 g/mol. The number of nitrogens with one attached hydrogen (secondary N) is 1. The summed E-state index contributed by atoms with van der Waals surface area (Å²) in [5.41, 5.74) is 2.97. The number of hydrogen-bond acceptors (Lipinski definition) is 3. The first-order valence-electron chi connectivity index (χ1n) is 8.85. The normalized spacial score (nSPS) is 12.7. The lowest BCUT2D eigenvalue weighted by Crippen LogP contribution is -2.46. The molecule has 0 aliphatic rings. The second-order valence-corrected chi connectivity index (χ2v) is 8.95.